The molecule has 33 heavy (non-hydrogen) atoms. The average molecular weight is 439 g/mol. The molecule has 0 aliphatic carbocycles. The number of pyridine rings is 1. The Labute approximate surface area is 190 Å². The third-order valence-corrected chi connectivity index (χ3v) is 6.56. The van der Waals surface area contributed by atoms with Crippen molar-refractivity contribution in [3.8, 4) is 0 Å². The molecule has 1 aliphatic heterocycles. The molecule has 0 fully saturated rings. The SMILES string of the molecule is O=C(CCc1cn2ccccc2n1)N1CCc2c([nH]c3ccccc23)[C@H]1c1ccccc1F. The van der Waals surface area contributed by atoms with Gasteiger partial charge in [0.15, 0.2) is 0 Å². The van der Waals surface area contributed by atoms with Crippen molar-refractivity contribution in [1.82, 2.24) is 19.3 Å². The van der Waals surface area contributed by atoms with Crippen LogP contribution >= 0.6 is 0 Å². The van der Waals surface area contributed by atoms with Crippen molar-refractivity contribution in [2.45, 2.75) is 25.3 Å². The number of aromatic nitrogens is 3. The second-order valence-electron chi connectivity index (χ2n) is 8.52. The number of hydrogen-bond acceptors (Lipinski definition) is 2. The van der Waals surface area contributed by atoms with E-state index in [1.807, 2.05) is 64.2 Å². The van der Waals surface area contributed by atoms with Crippen LogP contribution in [0.1, 0.15) is 35.0 Å². The Kier molecular flexibility index (Phi) is 4.72. The van der Waals surface area contributed by atoms with Crippen molar-refractivity contribution in [3.05, 3.63) is 107 Å². The Balaban J connectivity index is 1.34. The molecule has 0 radical (unpaired) electrons. The molecule has 0 unspecified atom stereocenters. The van der Waals surface area contributed by atoms with Crippen molar-refractivity contribution in [2.75, 3.05) is 6.54 Å². The van der Waals surface area contributed by atoms with Gasteiger partial charge in [-0.1, -0.05) is 42.5 Å². The molecule has 0 saturated heterocycles. The Hall–Kier alpha value is -3.93. The number of carbonyl (C=O) groups excluding carboxylic acids is 1. The van der Waals surface area contributed by atoms with Crippen LogP contribution in [0.15, 0.2) is 79.1 Å². The van der Waals surface area contributed by atoms with E-state index in [0.717, 1.165) is 34.4 Å². The van der Waals surface area contributed by atoms with Gasteiger partial charge in [0.2, 0.25) is 5.91 Å². The van der Waals surface area contributed by atoms with E-state index in [2.05, 4.69) is 16.0 Å². The highest BCUT2D eigenvalue weighted by atomic mass is 19.1. The Morgan fingerprint density at radius 3 is 2.76 bits per heavy atom. The van der Waals surface area contributed by atoms with E-state index in [1.165, 1.54) is 11.6 Å². The van der Waals surface area contributed by atoms with E-state index < -0.39 is 6.04 Å². The number of halogens is 1. The summed E-state index contributed by atoms with van der Waals surface area (Å²) in [6.07, 6.45) is 5.52. The van der Waals surface area contributed by atoms with Crippen LogP contribution < -0.4 is 0 Å². The third-order valence-electron chi connectivity index (χ3n) is 6.56. The number of H-pyrrole nitrogens is 1. The van der Waals surface area contributed by atoms with Crippen LogP contribution in [0.2, 0.25) is 0 Å². The fourth-order valence-corrected chi connectivity index (χ4v) is 5.02. The molecule has 1 atom stereocenters. The fraction of sp³-hybridized carbons (Fsp3) is 0.185. The summed E-state index contributed by atoms with van der Waals surface area (Å²) in [5.41, 5.74) is 5.36. The first-order valence-corrected chi connectivity index (χ1v) is 11.2. The van der Waals surface area contributed by atoms with E-state index in [1.54, 1.807) is 12.1 Å². The maximum atomic E-state index is 15.0. The van der Waals surface area contributed by atoms with Gasteiger partial charge in [-0.2, -0.15) is 0 Å². The molecule has 1 N–H and O–H groups in total. The number of rotatable bonds is 4. The smallest absolute Gasteiger partial charge is 0.223 e. The summed E-state index contributed by atoms with van der Waals surface area (Å²) in [6.45, 7) is 0.553. The molecule has 6 rings (SSSR count). The van der Waals surface area contributed by atoms with E-state index in [4.69, 9.17) is 0 Å². The summed E-state index contributed by atoms with van der Waals surface area (Å²) in [6, 6.07) is 20.2. The topological polar surface area (TPSA) is 53.4 Å². The van der Waals surface area contributed by atoms with Gasteiger partial charge in [0.1, 0.15) is 17.5 Å². The fourth-order valence-electron chi connectivity index (χ4n) is 5.02. The molecular weight excluding hydrogens is 415 g/mol. The number of amides is 1. The van der Waals surface area contributed by atoms with Gasteiger partial charge in [0.05, 0.1) is 5.69 Å². The quantitative estimate of drug-likeness (QED) is 0.426. The molecular formula is C27H23FN4O. The van der Waals surface area contributed by atoms with Crippen LogP contribution in [0.25, 0.3) is 16.6 Å². The number of carbonyl (C=O) groups is 1. The Morgan fingerprint density at radius 2 is 1.88 bits per heavy atom. The first-order valence-electron chi connectivity index (χ1n) is 11.2. The standard InChI is InChI=1S/C27H23FN4O/c28-22-9-3-1-8-21(22)27-26-20(19-7-2-4-10-23(19)30-26)14-16-32(27)25(33)13-12-18-17-31-15-6-5-11-24(31)29-18/h1-11,15,17,27,30H,12-14,16H2/t27-/m1/s1. The van der Waals surface area contributed by atoms with E-state index in [-0.39, 0.29) is 11.7 Å². The highest BCUT2D eigenvalue weighted by Gasteiger charge is 2.35. The predicted molar refractivity (Wildman–Crippen MR) is 125 cm³/mol. The highest BCUT2D eigenvalue weighted by molar-refractivity contribution is 5.86. The van der Waals surface area contributed by atoms with Crippen LogP contribution in [0.3, 0.4) is 0 Å². The van der Waals surface area contributed by atoms with Gasteiger partial charge in [-0.15, -0.1) is 0 Å². The minimum absolute atomic E-state index is 0.00427. The summed E-state index contributed by atoms with van der Waals surface area (Å²) in [5.74, 6) is -0.295. The molecule has 0 spiro atoms. The number of fused-ring (bicyclic) bond motifs is 4. The maximum Gasteiger partial charge on any atom is 0.223 e. The van der Waals surface area contributed by atoms with Crippen LogP contribution in [-0.4, -0.2) is 31.7 Å². The molecule has 3 aromatic heterocycles. The monoisotopic (exact) mass is 438 g/mol. The summed E-state index contributed by atoms with van der Waals surface area (Å²) >= 11 is 0. The lowest BCUT2D eigenvalue weighted by atomic mass is 9.91. The van der Waals surface area contributed by atoms with Gasteiger partial charge >= 0.3 is 0 Å². The maximum absolute atomic E-state index is 15.0. The number of nitrogens with one attached hydrogen (secondary N) is 1. The normalized spacial score (nSPS) is 15.8. The summed E-state index contributed by atoms with van der Waals surface area (Å²) in [5, 5.41) is 1.14. The molecule has 164 valence electrons. The largest absolute Gasteiger partial charge is 0.356 e. The number of hydrogen-bond donors (Lipinski definition) is 1. The second-order valence-corrected chi connectivity index (χ2v) is 8.52. The van der Waals surface area contributed by atoms with Crippen molar-refractivity contribution >= 4 is 22.5 Å². The first-order chi connectivity index (χ1) is 16.2. The highest BCUT2D eigenvalue weighted by Crippen LogP contribution is 2.39. The van der Waals surface area contributed by atoms with E-state index >= 15 is 0 Å². The third kappa shape index (κ3) is 3.39. The molecule has 2 aromatic carbocycles. The zero-order valence-corrected chi connectivity index (χ0v) is 18.0. The van der Waals surface area contributed by atoms with Gasteiger partial charge in [-0.25, -0.2) is 9.37 Å². The number of aryl methyl sites for hydroxylation is 1. The molecule has 1 amide bonds. The minimum atomic E-state index is -0.476. The molecule has 0 bridgehead atoms. The number of aromatic amines is 1. The van der Waals surface area contributed by atoms with Crippen LogP contribution in [-0.2, 0) is 17.6 Å². The molecule has 4 heterocycles. The molecule has 0 saturated carbocycles. The van der Waals surface area contributed by atoms with Gasteiger partial charge in [0, 0.05) is 47.5 Å². The second kappa shape index (κ2) is 7.89. The lowest BCUT2D eigenvalue weighted by molar-refractivity contribution is -0.133. The predicted octanol–water partition coefficient (Wildman–Crippen LogP) is 5.06. The van der Waals surface area contributed by atoms with Crippen molar-refractivity contribution in [1.29, 1.82) is 0 Å². The van der Waals surface area contributed by atoms with E-state index in [9.17, 15) is 9.18 Å². The lowest BCUT2D eigenvalue weighted by Crippen LogP contribution is -2.41. The zero-order chi connectivity index (χ0) is 22.4. The van der Waals surface area contributed by atoms with Crippen molar-refractivity contribution in [2.24, 2.45) is 0 Å². The van der Waals surface area contributed by atoms with Crippen molar-refractivity contribution in [3.63, 3.8) is 0 Å². The summed E-state index contributed by atoms with van der Waals surface area (Å²) in [7, 11) is 0. The van der Waals surface area contributed by atoms with Gasteiger partial charge in [-0.05, 0) is 42.7 Å². The Bertz CT molecular complexity index is 1450. The van der Waals surface area contributed by atoms with Crippen LogP contribution in [0, 0.1) is 5.82 Å². The van der Waals surface area contributed by atoms with Crippen molar-refractivity contribution < 1.29 is 9.18 Å². The van der Waals surface area contributed by atoms with Gasteiger partial charge in [0.25, 0.3) is 0 Å². The molecule has 6 heteroatoms. The summed E-state index contributed by atoms with van der Waals surface area (Å²) in [4.78, 5) is 23.4. The summed E-state index contributed by atoms with van der Waals surface area (Å²) < 4.78 is 16.9. The number of imidazole rings is 1. The Morgan fingerprint density at radius 1 is 1.06 bits per heavy atom. The molecule has 5 nitrogen and oxygen atoms in total. The number of benzene rings is 2. The van der Waals surface area contributed by atoms with Crippen LogP contribution in [0.4, 0.5) is 4.39 Å². The number of para-hydroxylation sites is 1. The van der Waals surface area contributed by atoms with Crippen LogP contribution in [0.5, 0.6) is 0 Å². The van der Waals surface area contributed by atoms with Gasteiger partial charge in [-0.3, -0.25) is 4.79 Å². The minimum Gasteiger partial charge on any atom is -0.356 e. The van der Waals surface area contributed by atoms with E-state index in [0.29, 0.717) is 24.9 Å². The average Bonchev–Trinajstić information content (AvgIpc) is 3.43. The molecule has 5 aromatic rings. The molecule has 1 aliphatic rings. The zero-order valence-electron chi connectivity index (χ0n) is 18.0. The first kappa shape index (κ1) is 19.7. The lowest BCUT2D eigenvalue weighted by Gasteiger charge is -2.36. The van der Waals surface area contributed by atoms with Gasteiger partial charge < -0.3 is 14.3 Å². The number of nitrogens with zero attached hydrogens (tertiary/aromatic N) is 3.